The lowest BCUT2D eigenvalue weighted by molar-refractivity contribution is 0.531. The van der Waals surface area contributed by atoms with Crippen LogP contribution in [0.1, 0.15) is 25.0 Å². The van der Waals surface area contributed by atoms with Crippen LogP contribution in [0.2, 0.25) is 0 Å². The molecule has 0 saturated heterocycles. The van der Waals surface area contributed by atoms with Gasteiger partial charge in [0.2, 0.25) is 5.95 Å². The summed E-state index contributed by atoms with van der Waals surface area (Å²) in [5.41, 5.74) is 1.08. The molecule has 1 aromatic rings. The number of hydrogen-bond donors (Lipinski definition) is 2. The first kappa shape index (κ1) is 16.1. The second-order valence-corrected chi connectivity index (χ2v) is 5.85. The zero-order chi connectivity index (χ0) is 16.1. The van der Waals surface area contributed by atoms with Gasteiger partial charge < -0.3 is 20.1 Å². The first-order chi connectivity index (χ1) is 10.6. The van der Waals surface area contributed by atoms with Crippen molar-refractivity contribution in [2.75, 3.05) is 26.0 Å². The lowest BCUT2D eigenvalue weighted by atomic mass is 10.1. The van der Waals surface area contributed by atoms with E-state index in [1.807, 2.05) is 36.8 Å². The van der Waals surface area contributed by atoms with E-state index in [9.17, 15) is 0 Å². The highest BCUT2D eigenvalue weighted by Gasteiger charge is 2.27. The number of imidazole rings is 1. The predicted octanol–water partition coefficient (Wildman–Crippen LogP) is 0.843. The average molecular weight is 303 g/mol. The molecule has 22 heavy (non-hydrogen) atoms. The van der Waals surface area contributed by atoms with Crippen LogP contribution in [0.3, 0.4) is 0 Å². The Hall–Kier alpha value is -2.23. The molecule has 0 radical (unpaired) electrons. The first-order valence-electron chi connectivity index (χ1n) is 7.61. The largest absolute Gasteiger partial charge is 0.352 e. The molecular weight excluding hydrogens is 278 g/mol. The van der Waals surface area contributed by atoms with Gasteiger partial charge in [0.1, 0.15) is 0 Å². The van der Waals surface area contributed by atoms with Crippen molar-refractivity contribution in [3.8, 4) is 6.07 Å². The Morgan fingerprint density at radius 3 is 2.91 bits per heavy atom. The average Bonchev–Trinajstić information content (AvgIpc) is 3.09. The molecule has 7 nitrogen and oxygen atoms in total. The minimum absolute atomic E-state index is 0.0793. The standard InChI is InChI=1S/C15H25N7/c1-17-14(20-13-7-5-6-11(13)8-16)18-9-12-10-19-15(21(2)3)22(12)4/h10-11,13H,5-7,9H2,1-4H3,(H2,17,18,20). The van der Waals surface area contributed by atoms with E-state index in [2.05, 4.69) is 26.7 Å². The number of aliphatic imine (C=N–C) groups is 1. The van der Waals surface area contributed by atoms with E-state index >= 15 is 0 Å². The van der Waals surface area contributed by atoms with Crippen LogP contribution in [-0.4, -0.2) is 42.7 Å². The van der Waals surface area contributed by atoms with Crippen molar-refractivity contribution in [1.29, 1.82) is 5.26 Å². The number of nitrogens with one attached hydrogen (secondary N) is 2. The van der Waals surface area contributed by atoms with Gasteiger partial charge >= 0.3 is 0 Å². The van der Waals surface area contributed by atoms with Crippen LogP contribution in [0.5, 0.6) is 0 Å². The highest BCUT2D eigenvalue weighted by atomic mass is 15.3. The van der Waals surface area contributed by atoms with Crippen molar-refractivity contribution in [2.45, 2.75) is 31.8 Å². The fourth-order valence-corrected chi connectivity index (χ4v) is 2.85. The third-order valence-corrected chi connectivity index (χ3v) is 4.12. The lowest BCUT2D eigenvalue weighted by Gasteiger charge is -2.19. The van der Waals surface area contributed by atoms with Crippen molar-refractivity contribution in [2.24, 2.45) is 18.0 Å². The molecule has 0 amide bonds. The van der Waals surface area contributed by atoms with Gasteiger partial charge in [0.15, 0.2) is 5.96 Å². The molecule has 7 heteroatoms. The van der Waals surface area contributed by atoms with Gasteiger partial charge in [-0.25, -0.2) is 4.98 Å². The van der Waals surface area contributed by atoms with E-state index in [1.165, 1.54) is 0 Å². The van der Waals surface area contributed by atoms with Gasteiger partial charge in [-0.3, -0.25) is 4.99 Å². The number of aromatic nitrogens is 2. The van der Waals surface area contributed by atoms with Crippen molar-refractivity contribution in [3.63, 3.8) is 0 Å². The third kappa shape index (κ3) is 3.50. The van der Waals surface area contributed by atoms with Gasteiger partial charge in [-0.05, 0) is 19.3 Å². The minimum atomic E-state index is 0.0793. The highest BCUT2D eigenvalue weighted by Crippen LogP contribution is 2.24. The van der Waals surface area contributed by atoms with Crippen molar-refractivity contribution >= 4 is 11.9 Å². The van der Waals surface area contributed by atoms with E-state index in [4.69, 9.17) is 5.26 Å². The predicted molar refractivity (Wildman–Crippen MR) is 87.6 cm³/mol. The molecule has 1 saturated carbocycles. The normalized spacial score (nSPS) is 21.5. The van der Waals surface area contributed by atoms with E-state index in [0.717, 1.165) is 36.9 Å². The number of nitrogens with zero attached hydrogens (tertiary/aromatic N) is 5. The molecule has 0 spiro atoms. The maximum atomic E-state index is 9.15. The Kier molecular flexibility index (Phi) is 5.26. The fraction of sp³-hybridized carbons (Fsp3) is 0.667. The molecule has 2 unspecified atom stereocenters. The number of guanidine groups is 1. The Morgan fingerprint density at radius 1 is 1.55 bits per heavy atom. The van der Waals surface area contributed by atoms with Gasteiger partial charge in [-0.1, -0.05) is 0 Å². The van der Waals surface area contributed by atoms with Crippen LogP contribution in [0, 0.1) is 17.2 Å². The van der Waals surface area contributed by atoms with Gasteiger partial charge in [-0.15, -0.1) is 0 Å². The molecule has 2 N–H and O–H groups in total. The fourth-order valence-electron chi connectivity index (χ4n) is 2.85. The Morgan fingerprint density at radius 2 is 2.32 bits per heavy atom. The summed E-state index contributed by atoms with van der Waals surface area (Å²) < 4.78 is 2.05. The third-order valence-electron chi connectivity index (χ3n) is 4.12. The molecule has 2 atom stereocenters. The second-order valence-electron chi connectivity index (χ2n) is 5.85. The van der Waals surface area contributed by atoms with Gasteiger partial charge in [0.25, 0.3) is 0 Å². The summed E-state index contributed by atoms with van der Waals surface area (Å²) in [6, 6.07) is 2.57. The topological polar surface area (TPSA) is 81.3 Å². The van der Waals surface area contributed by atoms with Crippen molar-refractivity contribution in [1.82, 2.24) is 20.2 Å². The Labute approximate surface area is 132 Å². The van der Waals surface area contributed by atoms with E-state index < -0.39 is 0 Å². The molecule has 0 aromatic carbocycles. The van der Waals surface area contributed by atoms with Gasteiger partial charge in [0, 0.05) is 34.2 Å². The van der Waals surface area contributed by atoms with Crippen LogP contribution >= 0.6 is 0 Å². The molecule has 120 valence electrons. The molecule has 2 rings (SSSR count). The summed E-state index contributed by atoms with van der Waals surface area (Å²) in [5.74, 6) is 1.73. The summed E-state index contributed by atoms with van der Waals surface area (Å²) in [6.45, 7) is 0.640. The smallest absolute Gasteiger partial charge is 0.204 e. The number of nitriles is 1. The molecule has 1 fully saturated rings. The quantitative estimate of drug-likeness (QED) is 0.636. The molecule has 0 bridgehead atoms. The van der Waals surface area contributed by atoms with Crippen LogP contribution < -0.4 is 15.5 Å². The monoisotopic (exact) mass is 303 g/mol. The van der Waals surface area contributed by atoms with Crippen LogP contribution in [0.25, 0.3) is 0 Å². The summed E-state index contributed by atoms with van der Waals surface area (Å²) in [4.78, 5) is 10.6. The first-order valence-corrected chi connectivity index (χ1v) is 7.61. The lowest BCUT2D eigenvalue weighted by Crippen LogP contribution is -2.44. The number of hydrogen-bond acceptors (Lipinski definition) is 4. The second kappa shape index (κ2) is 7.16. The maximum absolute atomic E-state index is 9.15. The highest BCUT2D eigenvalue weighted by molar-refractivity contribution is 5.80. The summed E-state index contributed by atoms with van der Waals surface area (Å²) in [7, 11) is 7.70. The molecule has 1 heterocycles. The summed E-state index contributed by atoms with van der Waals surface area (Å²) >= 11 is 0. The van der Waals surface area contributed by atoms with Crippen molar-refractivity contribution in [3.05, 3.63) is 11.9 Å². The van der Waals surface area contributed by atoms with E-state index in [1.54, 1.807) is 7.05 Å². The van der Waals surface area contributed by atoms with Crippen molar-refractivity contribution < 1.29 is 0 Å². The maximum Gasteiger partial charge on any atom is 0.204 e. The number of rotatable bonds is 4. The molecule has 1 aliphatic rings. The summed E-state index contributed by atoms with van der Waals surface area (Å²) in [5, 5.41) is 15.8. The minimum Gasteiger partial charge on any atom is -0.352 e. The van der Waals surface area contributed by atoms with Crippen LogP contribution in [0.15, 0.2) is 11.2 Å². The van der Waals surface area contributed by atoms with Gasteiger partial charge in [0.05, 0.1) is 30.4 Å². The van der Waals surface area contributed by atoms with E-state index in [0.29, 0.717) is 6.54 Å². The molecule has 1 aliphatic carbocycles. The summed E-state index contributed by atoms with van der Waals surface area (Å²) in [6.07, 6.45) is 4.96. The molecular formula is C15H25N7. The van der Waals surface area contributed by atoms with Crippen LogP contribution in [-0.2, 0) is 13.6 Å². The Balaban J connectivity index is 1.93. The SMILES string of the molecule is CN=C(NCc1cnc(N(C)C)n1C)NC1CCCC1C#N. The van der Waals surface area contributed by atoms with Crippen LogP contribution in [0.4, 0.5) is 5.95 Å². The molecule has 1 aromatic heterocycles. The zero-order valence-electron chi connectivity index (χ0n) is 13.8. The number of anilines is 1. The van der Waals surface area contributed by atoms with Gasteiger partial charge in [-0.2, -0.15) is 5.26 Å². The van der Waals surface area contributed by atoms with E-state index in [-0.39, 0.29) is 12.0 Å². The zero-order valence-corrected chi connectivity index (χ0v) is 13.8. The Bertz CT molecular complexity index is 567. The molecule has 0 aliphatic heterocycles.